The Hall–Kier alpha value is -2.09. The van der Waals surface area contributed by atoms with Crippen molar-refractivity contribution in [3.05, 3.63) is 65.4 Å². The van der Waals surface area contributed by atoms with E-state index in [-0.39, 0.29) is 0 Å². The minimum atomic E-state index is 0.799. The molecule has 0 aliphatic heterocycles. The maximum atomic E-state index is 4.63. The summed E-state index contributed by atoms with van der Waals surface area (Å²) in [5.41, 5.74) is 5.49. The Morgan fingerprint density at radius 1 is 1.10 bits per heavy atom. The Morgan fingerprint density at radius 3 is 2.85 bits per heavy atom. The monoisotopic (exact) mass is 262 g/mol. The summed E-state index contributed by atoms with van der Waals surface area (Å²) in [5.74, 6) is 0.799. The minimum absolute atomic E-state index is 0.799. The first-order valence-corrected chi connectivity index (χ1v) is 7.31. The van der Waals surface area contributed by atoms with Crippen LogP contribution < -0.4 is 0 Å². The fourth-order valence-electron chi connectivity index (χ4n) is 3.27. The summed E-state index contributed by atoms with van der Waals surface area (Å²) in [6.07, 6.45) is 4.59. The van der Waals surface area contributed by atoms with Crippen molar-refractivity contribution in [2.75, 3.05) is 0 Å². The minimum Gasteiger partial charge on any atom is -0.267 e. The topological polar surface area (TPSA) is 17.8 Å². The van der Waals surface area contributed by atoms with E-state index in [4.69, 9.17) is 0 Å². The molecule has 1 aliphatic carbocycles. The van der Waals surface area contributed by atoms with Crippen LogP contribution in [0.1, 0.15) is 23.6 Å². The summed E-state index contributed by atoms with van der Waals surface area (Å²) in [6, 6.07) is 15.2. The van der Waals surface area contributed by atoms with E-state index in [2.05, 4.69) is 54.6 Å². The molecule has 0 radical (unpaired) electrons. The molecule has 0 bridgehead atoms. The van der Waals surface area contributed by atoms with Gasteiger partial charge < -0.3 is 0 Å². The molecule has 1 heterocycles. The Morgan fingerprint density at radius 2 is 1.95 bits per heavy atom. The van der Waals surface area contributed by atoms with Gasteiger partial charge in [-0.1, -0.05) is 43.3 Å². The average Bonchev–Trinajstić information content (AvgIpc) is 2.99. The van der Waals surface area contributed by atoms with Crippen LogP contribution in [0.15, 0.2) is 48.7 Å². The van der Waals surface area contributed by atoms with Gasteiger partial charge in [0, 0.05) is 11.6 Å². The van der Waals surface area contributed by atoms with E-state index < -0.39 is 0 Å². The molecule has 2 heteroatoms. The summed E-state index contributed by atoms with van der Waals surface area (Å²) in [7, 11) is 0. The zero-order valence-electron chi connectivity index (χ0n) is 11.7. The highest BCUT2D eigenvalue weighted by Crippen LogP contribution is 2.27. The van der Waals surface area contributed by atoms with E-state index in [1.54, 1.807) is 0 Å². The molecule has 1 atom stereocenters. The predicted molar refractivity (Wildman–Crippen MR) is 81.8 cm³/mol. The maximum absolute atomic E-state index is 4.63. The van der Waals surface area contributed by atoms with Gasteiger partial charge in [-0.25, -0.2) is 0 Å². The summed E-state index contributed by atoms with van der Waals surface area (Å²) >= 11 is 0. The van der Waals surface area contributed by atoms with E-state index in [9.17, 15) is 0 Å². The van der Waals surface area contributed by atoms with Crippen molar-refractivity contribution in [1.29, 1.82) is 0 Å². The highest BCUT2D eigenvalue weighted by Gasteiger charge is 2.17. The van der Waals surface area contributed by atoms with Crippen molar-refractivity contribution in [3.63, 3.8) is 0 Å². The van der Waals surface area contributed by atoms with Gasteiger partial charge in [0.25, 0.3) is 0 Å². The lowest BCUT2D eigenvalue weighted by Gasteiger charge is -2.05. The van der Waals surface area contributed by atoms with Gasteiger partial charge >= 0.3 is 0 Å². The molecule has 0 spiro atoms. The zero-order valence-corrected chi connectivity index (χ0v) is 11.7. The summed E-state index contributed by atoms with van der Waals surface area (Å²) < 4.78 is 2.05. The molecule has 0 N–H and O–H groups in total. The van der Waals surface area contributed by atoms with Crippen molar-refractivity contribution in [3.8, 4) is 0 Å². The first-order valence-electron chi connectivity index (χ1n) is 7.31. The fraction of sp³-hybridized carbons (Fsp3) is 0.278. The number of aromatic nitrogens is 2. The predicted octanol–water partition coefficient (Wildman–Crippen LogP) is 3.82. The molecule has 20 heavy (non-hydrogen) atoms. The molecular formula is C18H18N2. The number of rotatable bonds is 2. The van der Waals surface area contributed by atoms with Crippen molar-refractivity contribution < 1.29 is 0 Å². The number of fused-ring (bicyclic) bond motifs is 2. The molecule has 1 aromatic heterocycles. The number of benzene rings is 2. The Labute approximate surface area is 119 Å². The normalized spacial score (nSPS) is 17.6. The van der Waals surface area contributed by atoms with Crippen LogP contribution in [0.2, 0.25) is 0 Å². The second-order valence-electron chi connectivity index (χ2n) is 6.00. The quantitative estimate of drug-likeness (QED) is 0.686. The lowest BCUT2D eigenvalue weighted by Crippen LogP contribution is -2.00. The molecule has 2 aromatic carbocycles. The largest absolute Gasteiger partial charge is 0.267 e. The highest BCUT2D eigenvalue weighted by atomic mass is 15.3. The molecule has 1 aliphatic rings. The first kappa shape index (κ1) is 11.7. The second-order valence-corrected chi connectivity index (χ2v) is 6.00. The van der Waals surface area contributed by atoms with Gasteiger partial charge in [0.15, 0.2) is 0 Å². The third kappa shape index (κ3) is 2.01. The van der Waals surface area contributed by atoms with E-state index >= 15 is 0 Å². The first-order chi connectivity index (χ1) is 9.78. The van der Waals surface area contributed by atoms with Crippen LogP contribution in [0.25, 0.3) is 10.9 Å². The van der Waals surface area contributed by atoms with E-state index in [0.29, 0.717) is 0 Å². The van der Waals surface area contributed by atoms with Crippen LogP contribution in [0, 0.1) is 5.92 Å². The number of hydrogen-bond donors (Lipinski definition) is 0. The standard InChI is InChI=1S/C18H18N2/c1-13-8-15-7-6-14(10-17(15)9-13)11-20-12-16-4-2-3-5-18(16)19-20/h2-7,10,12-13H,8-9,11H2,1H3/t13-/m0/s1. The van der Waals surface area contributed by atoms with Crippen LogP contribution in [0.4, 0.5) is 0 Å². The van der Waals surface area contributed by atoms with Crippen molar-refractivity contribution in [2.24, 2.45) is 5.92 Å². The number of hydrogen-bond acceptors (Lipinski definition) is 1. The van der Waals surface area contributed by atoms with E-state index in [0.717, 1.165) is 18.0 Å². The van der Waals surface area contributed by atoms with Crippen molar-refractivity contribution in [1.82, 2.24) is 9.78 Å². The van der Waals surface area contributed by atoms with Crippen molar-refractivity contribution in [2.45, 2.75) is 26.3 Å². The molecule has 0 saturated heterocycles. The highest BCUT2D eigenvalue weighted by molar-refractivity contribution is 5.77. The summed E-state index contributed by atoms with van der Waals surface area (Å²) in [5, 5.41) is 5.84. The molecule has 4 rings (SSSR count). The lowest BCUT2D eigenvalue weighted by atomic mass is 10.1. The van der Waals surface area contributed by atoms with Gasteiger partial charge in [-0.05, 0) is 41.5 Å². The zero-order chi connectivity index (χ0) is 13.5. The molecule has 3 aromatic rings. The van der Waals surface area contributed by atoms with Gasteiger partial charge in [0.05, 0.1) is 12.1 Å². The third-order valence-electron chi connectivity index (χ3n) is 4.21. The van der Waals surface area contributed by atoms with E-state index in [1.165, 1.54) is 34.9 Å². The molecule has 0 unspecified atom stereocenters. The molecule has 0 fully saturated rings. The third-order valence-corrected chi connectivity index (χ3v) is 4.21. The Bertz CT molecular complexity index is 737. The molecule has 2 nitrogen and oxygen atoms in total. The smallest absolute Gasteiger partial charge is 0.0923 e. The lowest BCUT2D eigenvalue weighted by molar-refractivity contribution is 0.627. The van der Waals surface area contributed by atoms with E-state index in [1.807, 2.05) is 10.7 Å². The SMILES string of the molecule is C[C@H]1Cc2ccc(Cn3cc4ccccc4n3)cc2C1. The van der Waals surface area contributed by atoms with Crippen LogP contribution in [-0.4, -0.2) is 9.78 Å². The summed E-state index contributed by atoms with van der Waals surface area (Å²) in [4.78, 5) is 0. The average molecular weight is 262 g/mol. The molecular weight excluding hydrogens is 244 g/mol. The van der Waals surface area contributed by atoms with Crippen LogP contribution >= 0.6 is 0 Å². The van der Waals surface area contributed by atoms with Gasteiger partial charge in [-0.3, -0.25) is 4.68 Å². The fourth-order valence-corrected chi connectivity index (χ4v) is 3.27. The molecule has 0 amide bonds. The summed E-state index contributed by atoms with van der Waals surface area (Å²) in [6.45, 7) is 3.19. The maximum Gasteiger partial charge on any atom is 0.0923 e. The van der Waals surface area contributed by atoms with Crippen LogP contribution in [-0.2, 0) is 19.4 Å². The molecule has 100 valence electrons. The van der Waals surface area contributed by atoms with Gasteiger partial charge in [-0.2, -0.15) is 5.10 Å². The van der Waals surface area contributed by atoms with Gasteiger partial charge in [0.2, 0.25) is 0 Å². The number of nitrogens with zero attached hydrogens (tertiary/aromatic N) is 2. The molecule has 0 saturated carbocycles. The Balaban J connectivity index is 1.64. The van der Waals surface area contributed by atoms with Crippen LogP contribution in [0.3, 0.4) is 0 Å². The van der Waals surface area contributed by atoms with Crippen LogP contribution in [0.5, 0.6) is 0 Å². The van der Waals surface area contributed by atoms with Gasteiger partial charge in [0.1, 0.15) is 0 Å². The van der Waals surface area contributed by atoms with Gasteiger partial charge in [-0.15, -0.1) is 0 Å². The Kier molecular flexibility index (Phi) is 2.62. The second kappa shape index (κ2) is 4.48. The van der Waals surface area contributed by atoms with Crippen molar-refractivity contribution >= 4 is 10.9 Å².